The van der Waals surface area contributed by atoms with Crippen LogP contribution in [0.5, 0.6) is 17.2 Å². The molecule has 3 aromatic carbocycles. The molecular weight excluding hydrogens is 602 g/mol. The number of aromatic nitrogens is 2. The van der Waals surface area contributed by atoms with Gasteiger partial charge in [0, 0.05) is 0 Å². The molecular formula is C40H51N3O5. The summed E-state index contributed by atoms with van der Waals surface area (Å²) in [6.07, 6.45) is 20.1. The van der Waals surface area contributed by atoms with Crippen molar-refractivity contribution in [3.8, 4) is 17.2 Å². The van der Waals surface area contributed by atoms with Crippen molar-refractivity contribution in [3.63, 3.8) is 0 Å². The van der Waals surface area contributed by atoms with Crippen LogP contribution in [0, 0.1) is 6.92 Å². The van der Waals surface area contributed by atoms with Crippen molar-refractivity contribution < 1.29 is 19.0 Å². The fraction of sp³-hybridized carbons (Fsp3) is 0.450. The number of hydrogen-bond acceptors (Lipinski definition) is 7. The number of ether oxygens (including phenoxy) is 3. The largest absolute Gasteiger partial charge is 0.494 e. The highest BCUT2D eigenvalue weighted by Gasteiger charge is 2.14. The minimum absolute atomic E-state index is 0.252. The molecule has 0 aliphatic rings. The Bertz CT molecular complexity index is 1660. The number of carbonyl (C=O) groups is 1. The summed E-state index contributed by atoms with van der Waals surface area (Å²) >= 11 is 0. The van der Waals surface area contributed by atoms with Crippen LogP contribution in [0.25, 0.3) is 10.9 Å². The molecule has 48 heavy (non-hydrogen) atoms. The van der Waals surface area contributed by atoms with Crippen LogP contribution in [-0.4, -0.2) is 35.6 Å². The number of methoxy groups -OCH3 is 1. The van der Waals surface area contributed by atoms with E-state index in [0.29, 0.717) is 40.2 Å². The molecule has 0 unspecified atom stereocenters. The van der Waals surface area contributed by atoms with E-state index in [1.807, 2.05) is 6.07 Å². The van der Waals surface area contributed by atoms with Gasteiger partial charge in [-0.2, -0.15) is 9.78 Å². The summed E-state index contributed by atoms with van der Waals surface area (Å²) < 4.78 is 18.3. The molecule has 0 atom stereocenters. The number of para-hydroxylation sites is 1. The first-order valence-electron chi connectivity index (χ1n) is 17.7. The van der Waals surface area contributed by atoms with Gasteiger partial charge < -0.3 is 14.2 Å². The van der Waals surface area contributed by atoms with Crippen molar-refractivity contribution in [2.75, 3.05) is 13.7 Å². The molecule has 0 radical (unpaired) electrons. The van der Waals surface area contributed by atoms with Crippen LogP contribution in [0.4, 0.5) is 0 Å². The van der Waals surface area contributed by atoms with Crippen LogP contribution >= 0.6 is 0 Å². The number of carbonyl (C=O) groups excluding carboxylic acids is 1. The third-order valence-electron chi connectivity index (χ3n) is 8.48. The Morgan fingerprint density at radius 2 is 1.42 bits per heavy atom. The van der Waals surface area contributed by atoms with E-state index in [-0.39, 0.29) is 11.3 Å². The minimum Gasteiger partial charge on any atom is -0.494 e. The molecule has 0 bridgehead atoms. The van der Waals surface area contributed by atoms with Crippen LogP contribution in [0.2, 0.25) is 0 Å². The molecule has 0 spiro atoms. The third kappa shape index (κ3) is 11.4. The molecule has 4 rings (SSSR count). The van der Waals surface area contributed by atoms with Gasteiger partial charge in [0.05, 0.1) is 36.4 Å². The maximum absolute atomic E-state index is 12.9. The van der Waals surface area contributed by atoms with Gasteiger partial charge in [0.2, 0.25) is 0 Å². The van der Waals surface area contributed by atoms with Gasteiger partial charge in [-0.15, -0.1) is 0 Å². The van der Waals surface area contributed by atoms with Crippen LogP contribution in [0.15, 0.2) is 76.6 Å². The highest BCUT2D eigenvalue weighted by molar-refractivity contribution is 5.91. The summed E-state index contributed by atoms with van der Waals surface area (Å²) in [5.74, 6) is 1.34. The predicted octanol–water partition coefficient (Wildman–Crippen LogP) is 9.68. The van der Waals surface area contributed by atoms with Gasteiger partial charge in [0.15, 0.2) is 11.5 Å². The number of fused-ring (bicyclic) bond motifs is 1. The molecule has 0 amide bonds. The summed E-state index contributed by atoms with van der Waals surface area (Å²) in [5, 5.41) is 4.84. The lowest BCUT2D eigenvalue weighted by molar-refractivity contribution is 0.0729. The number of esters is 1. The Labute approximate surface area is 285 Å². The van der Waals surface area contributed by atoms with Gasteiger partial charge >= 0.3 is 5.97 Å². The minimum atomic E-state index is -0.502. The van der Waals surface area contributed by atoms with Gasteiger partial charge in [0.1, 0.15) is 11.6 Å². The molecule has 0 saturated carbocycles. The summed E-state index contributed by atoms with van der Waals surface area (Å²) in [5.41, 5.74) is 1.44. The maximum Gasteiger partial charge on any atom is 0.343 e. The van der Waals surface area contributed by atoms with Gasteiger partial charge in [-0.25, -0.2) is 9.78 Å². The molecule has 8 nitrogen and oxygen atoms in total. The highest BCUT2D eigenvalue weighted by Crippen LogP contribution is 2.29. The van der Waals surface area contributed by atoms with E-state index >= 15 is 0 Å². The fourth-order valence-electron chi connectivity index (χ4n) is 5.68. The zero-order valence-electron chi connectivity index (χ0n) is 28.9. The second kappa shape index (κ2) is 20.0. The zero-order valence-corrected chi connectivity index (χ0v) is 28.9. The van der Waals surface area contributed by atoms with Crippen molar-refractivity contribution in [2.45, 2.75) is 104 Å². The second-order valence-electron chi connectivity index (χ2n) is 12.3. The van der Waals surface area contributed by atoms with Gasteiger partial charge in [0.25, 0.3) is 5.56 Å². The average Bonchev–Trinajstić information content (AvgIpc) is 3.10. The van der Waals surface area contributed by atoms with Crippen molar-refractivity contribution in [1.82, 2.24) is 9.66 Å². The lowest BCUT2D eigenvalue weighted by Gasteiger charge is -2.11. The Hall–Kier alpha value is -4.46. The number of unbranched alkanes of at least 4 members (excludes halogenated alkanes) is 13. The normalized spacial score (nSPS) is 11.3. The first-order valence-corrected chi connectivity index (χ1v) is 17.7. The van der Waals surface area contributed by atoms with Gasteiger partial charge in [-0.05, 0) is 73.5 Å². The molecule has 1 aromatic heterocycles. The second-order valence-corrected chi connectivity index (χ2v) is 12.3. The number of aryl methyl sites for hydroxylation is 1. The van der Waals surface area contributed by atoms with Crippen molar-refractivity contribution >= 4 is 23.1 Å². The van der Waals surface area contributed by atoms with Crippen molar-refractivity contribution in [3.05, 3.63) is 94.0 Å². The average molecular weight is 654 g/mol. The summed E-state index contributed by atoms with van der Waals surface area (Å²) in [6.45, 7) is 4.67. The number of hydrogen-bond donors (Lipinski definition) is 0. The van der Waals surface area contributed by atoms with Gasteiger partial charge in [-0.3, -0.25) is 4.79 Å². The van der Waals surface area contributed by atoms with E-state index in [0.717, 1.165) is 12.2 Å². The molecule has 4 aromatic rings. The number of rotatable bonds is 21. The van der Waals surface area contributed by atoms with Crippen LogP contribution in [0.1, 0.15) is 119 Å². The predicted molar refractivity (Wildman–Crippen MR) is 194 cm³/mol. The van der Waals surface area contributed by atoms with Crippen LogP contribution in [0.3, 0.4) is 0 Å². The molecule has 0 saturated heterocycles. The third-order valence-corrected chi connectivity index (χ3v) is 8.48. The first kappa shape index (κ1) is 36.4. The Morgan fingerprint density at radius 3 is 2.06 bits per heavy atom. The Morgan fingerprint density at radius 1 is 0.792 bits per heavy atom. The van der Waals surface area contributed by atoms with E-state index in [1.165, 1.54) is 101 Å². The molecule has 0 fully saturated rings. The van der Waals surface area contributed by atoms with Gasteiger partial charge in [-0.1, -0.05) is 103 Å². The monoisotopic (exact) mass is 653 g/mol. The van der Waals surface area contributed by atoms with Crippen LogP contribution in [-0.2, 0) is 0 Å². The van der Waals surface area contributed by atoms with E-state index in [2.05, 4.69) is 17.0 Å². The first-order chi connectivity index (χ1) is 23.5. The zero-order chi connectivity index (χ0) is 34.0. The SMILES string of the molecule is CCCCCCCCCCCCCCCCOc1ccc(C(=O)Oc2ccc(/C=N/n3c(C)nc4ccccc4c3=O)cc2OC)cc1. The topological polar surface area (TPSA) is 92.0 Å². The van der Waals surface area contributed by atoms with Crippen LogP contribution < -0.4 is 19.8 Å². The Kier molecular flexibility index (Phi) is 15.2. The van der Waals surface area contributed by atoms with E-state index in [4.69, 9.17) is 14.2 Å². The standard InChI is InChI=1S/C40H51N3O5/c1-4-5-6-7-8-9-10-11-12-13-14-15-16-19-28-47-34-25-23-33(24-26-34)40(45)48-37-27-22-32(29-38(37)46-3)30-41-43-31(2)42-36-21-18-17-20-35(36)39(43)44/h17-18,20-27,29-30H,4-16,19,28H2,1-3H3/b41-30+. The summed E-state index contributed by atoms with van der Waals surface area (Å²) in [6, 6.07) is 19.2. The molecule has 0 aliphatic heterocycles. The highest BCUT2D eigenvalue weighted by atomic mass is 16.6. The summed E-state index contributed by atoms with van der Waals surface area (Å²) in [7, 11) is 1.50. The van der Waals surface area contributed by atoms with E-state index < -0.39 is 5.97 Å². The smallest absolute Gasteiger partial charge is 0.343 e. The lowest BCUT2D eigenvalue weighted by Crippen LogP contribution is -2.20. The fourth-order valence-corrected chi connectivity index (χ4v) is 5.68. The number of benzene rings is 3. The van der Waals surface area contributed by atoms with Crippen molar-refractivity contribution in [2.24, 2.45) is 5.10 Å². The molecule has 8 heteroatoms. The lowest BCUT2D eigenvalue weighted by atomic mass is 10.0. The number of nitrogens with zero attached hydrogens (tertiary/aromatic N) is 3. The molecule has 0 aliphatic carbocycles. The maximum atomic E-state index is 12.9. The molecule has 0 N–H and O–H groups in total. The van der Waals surface area contributed by atoms with Crippen molar-refractivity contribution in [1.29, 1.82) is 0 Å². The molecule has 256 valence electrons. The molecule has 1 heterocycles. The quantitative estimate of drug-likeness (QED) is 0.0385. The van der Waals surface area contributed by atoms with E-state index in [1.54, 1.807) is 67.6 Å². The van der Waals surface area contributed by atoms with E-state index in [9.17, 15) is 9.59 Å². The summed E-state index contributed by atoms with van der Waals surface area (Å²) in [4.78, 5) is 30.3. The Balaban J connectivity index is 1.16.